The second-order valence-electron chi connectivity index (χ2n) is 5.31. The second kappa shape index (κ2) is 8.19. The molecule has 24 heavy (non-hydrogen) atoms. The third kappa shape index (κ3) is 4.41. The molecule has 0 atom stereocenters. The van der Waals surface area contributed by atoms with Crippen molar-refractivity contribution in [3.8, 4) is 0 Å². The number of fused-ring (bicyclic) bond motifs is 1. The minimum atomic E-state index is -3.55. The van der Waals surface area contributed by atoms with Crippen LogP contribution in [0.2, 0.25) is 6.04 Å². The van der Waals surface area contributed by atoms with Crippen LogP contribution in [0.3, 0.4) is 0 Å². The standard InChI is InChI=1S/C16H23NO5SSi/c1-20-24(21-2,22-3)12-6-11-17-23(18,19)16-10-9-14-7-4-5-8-15(14)13-16/h4-5,7-10,13,17H,6,11-12H2,1-3H3. The first-order valence-corrected chi connectivity index (χ1v) is 11.0. The largest absolute Gasteiger partial charge is 0.500 e. The van der Waals surface area contributed by atoms with Crippen LogP contribution < -0.4 is 4.72 Å². The summed E-state index contributed by atoms with van der Waals surface area (Å²) in [5.74, 6) is 0. The summed E-state index contributed by atoms with van der Waals surface area (Å²) in [5.41, 5.74) is 0. The van der Waals surface area contributed by atoms with Gasteiger partial charge in [0.15, 0.2) is 0 Å². The average molecular weight is 370 g/mol. The molecule has 8 heteroatoms. The molecule has 0 spiro atoms. The van der Waals surface area contributed by atoms with E-state index in [1.807, 2.05) is 30.3 Å². The van der Waals surface area contributed by atoms with E-state index in [4.69, 9.17) is 13.3 Å². The monoisotopic (exact) mass is 369 g/mol. The van der Waals surface area contributed by atoms with E-state index < -0.39 is 18.8 Å². The van der Waals surface area contributed by atoms with Crippen molar-refractivity contribution in [2.24, 2.45) is 0 Å². The highest BCUT2D eigenvalue weighted by molar-refractivity contribution is 7.89. The summed E-state index contributed by atoms with van der Waals surface area (Å²) < 4.78 is 43.4. The molecule has 2 aromatic carbocycles. The Morgan fingerprint density at radius 3 is 2.21 bits per heavy atom. The van der Waals surface area contributed by atoms with Crippen molar-refractivity contribution in [2.75, 3.05) is 27.9 Å². The van der Waals surface area contributed by atoms with Crippen LogP contribution in [0, 0.1) is 0 Å². The van der Waals surface area contributed by atoms with Crippen LogP contribution in [0.1, 0.15) is 6.42 Å². The minimum absolute atomic E-state index is 0.259. The van der Waals surface area contributed by atoms with E-state index >= 15 is 0 Å². The molecule has 6 nitrogen and oxygen atoms in total. The van der Waals surface area contributed by atoms with E-state index in [2.05, 4.69) is 4.72 Å². The molecular weight excluding hydrogens is 346 g/mol. The average Bonchev–Trinajstić information content (AvgIpc) is 2.62. The van der Waals surface area contributed by atoms with E-state index in [1.165, 1.54) is 0 Å². The lowest BCUT2D eigenvalue weighted by atomic mass is 10.1. The van der Waals surface area contributed by atoms with E-state index in [9.17, 15) is 8.42 Å². The van der Waals surface area contributed by atoms with Crippen LogP contribution in [0.5, 0.6) is 0 Å². The molecular formula is C16H23NO5SSi. The number of hydrogen-bond acceptors (Lipinski definition) is 5. The number of benzene rings is 2. The quantitative estimate of drug-likeness (QED) is 0.543. The molecule has 0 saturated carbocycles. The van der Waals surface area contributed by atoms with Gasteiger partial charge in [0.05, 0.1) is 4.90 Å². The van der Waals surface area contributed by atoms with Crippen molar-refractivity contribution in [1.82, 2.24) is 4.72 Å². The summed E-state index contributed by atoms with van der Waals surface area (Å²) in [7, 11) is -1.59. The summed E-state index contributed by atoms with van der Waals surface area (Å²) in [5, 5.41) is 1.90. The molecule has 0 aliphatic heterocycles. The van der Waals surface area contributed by atoms with Crippen LogP contribution in [0.4, 0.5) is 0 Å². The van der Waals surface area contributed by atoms with Gasteiger partial charge in [-0.05, 0) is 29.3 Å². The van der Waals surface area contributed by atoms with E-state index in [1.54, 1.807) is 33.5 Å². The number of rotatable bonds is 9. The van der Waals surface area contributed by atoms with Gasteiger partial charge in [0.2, 0.25) is 10.0 Å². The van der Waals surface area contributed by atoms with Crippen LogP contribution in [-0.4, -0.2) is 45.1 Å². The normalized spacial score (nSPS) is 12.6. The molecule has 0 aliphatic carbocycles. The Kier molecular flexibility index (Phi) is 6.50. The Labute approximate surface area is 144 Å². The van der Waals surface area contributed by atoms with Gasteiger partial charge in [0.1, 0.15) is 0 Å². The van der Waals surface area contributed by atoms with Crippen molar-refractivity contribution in [2.45, 2.75) is 17.4 Å². The van der Waals surface area contributed by atoms with Crippen LogP contribution in [0.25, 0.3) is 10.8 Å². The van der Waals surface area contributed by atoms with Gasteiger partial charge in [-0.25, -0.2) is 13.1 Å². The van der Waals surface area contributed by atoms with Crippen LogP contribution in [-0.2, 0) is 23.3 Å². The molecule has 0 fully saturated rings. The maximum atomic E-state index is 12.4. The second-order valence-corrected chi connectivity index (χ2v) is 10.2. The molecule has 2 rings (SSSR count). The molecule has 0 aliphatic rings. The fraction of sp³-hybridized carbons (Fsp3) is 0.375. The van der Waals surface area contributed by atoms with Crippen molar-refractivity contribution in [3.63, 3.8) is 0 Å². The van der Waals surface area contributed by atoms with Gasteiger partial charge >= 0.3 is 8.80 Å². The highest BCUT2D eigenvalue weighted by atomic mass is 32.2. The van der Waals surface area contributed by atoms with Gasteiger partial charge in [-0.15, -0.1) is 0 Å². The lowest BCUT2D eigenvalue weighted by Crippen LogP contribution is -2.43. The molecule has 0 bridgehead atoms. The number of hydrogen-bond donors (Lipinski definition) is 1. The van der Waals surface area contributed by atoms with Gasteiger partial charge in [-0.2, -0.15) is 0 Å². The van der Waals surface area contributed by atoms with Crippen LogP contribution in [0.15, 0.2) is 47.4 Å². The number of sulfonamides is 1. The zero-order valence-electron chi connectivity index (χ0n) is 14.1. The van der Waals surface area contributed by atoms with Gasteiger partial charge in [-0.1, -0.05) is 30.3 Å². The predicted octanol–water partition coefficient (Wildman–Crippen LogP) is 2.39. The van der Waals surface area contributed by atoms with Gasteiger partial charge in [-0.3, -0.25) is 0 Å². The van der Waals surface area contributed by atoms with E-state index in [0.29, 0.717) is 19.0 Å². The lowest BCUT2D eigenvalue weighted by molar-refractivity contribution is 0.123. The first-order valence-electron chi connectivity index (χ1n) is 7.60. The molecule has 0 heterocycles. The van der Waals surface area contributed by atoms with Crippen molar-refractivity contribution in [1.29, 1.82) is 0 Å². The van der Waals surface area contributed by atoms with E-state index in [0.717, 1.165) is 10.8 Å². The lowest BCUT2D eigenvalue weighted by Gasteiger charge is -2.24. The topological polar surface area (TPSA) is 73.9 Å². The van der Waals surface area contributed by atoms with Crippen molar-refractivity contribution >= 4 is 29.6 Å². The Morgan fingerprint density at radius 1 is 0.958 bits per heavy atom. The smallest absolute Gasteiger partial charge is 0.377 e. The zero-order valence-corrected chi connectivity index (χ0v) is 15.9. The maximum absolute atomic E-state index is 12.4. The third-order valence-electron chi connectivity index (χ3n) is 3.92. The molecule has 132 valence electrons. The summed E-state index contributed by atoms with van der Waals surface area (Å²) in [4.78, 5) is 0.259. The van der Waals surface area contributed by atoms with Gasteiger partial charge < -0.3 is 13.3 Å². The Hall–Kier alpha value is -1.29. The predicted molar refractivity (Wildman–Crippen MR) is 95.3 cm³/mol. The molecule has 2 aromatic rings. The maximum Gasteiger partial charge on any atom is 0.500 e. The highest BCUT2D eigenvalue weighted by Gasteiger charge is 2.36. The summed E-state index contributed by atoms with van der Waals surface area (Å²) in [6.07, 6.45) is 0.564. The molecule has 0 unspecified atom stereocenters. The van der Waals surface area contributed by atoms with Gasteiger partial charge in [0.25, 0.3) is 0 Å². The summed E-state index contributed by atoms with van der Waals surface area (Å²) >= 11 is 0. The first-order chi connectivity index (χ1) is 11.5. The highest BCUT2D eigenvalue weighted by Crippen LogP contribution is 2.19. The van der Waals surface area contributed by atoms with Crippen molar-refractivity contribution in [3.05, 3.63) is 42.5 Å². The first kappa shape index (κ1) is 19.0. The zero-order chi connectivity index (χ0) is 17.6. The molecule has 0 saturated heterocycles. The molecule has 0 aromatic heterocycles. The molecule has 0 amide bonds. The van der Waals surface area contributed by atoms with Gasteiger partial charge in [0, 0.05) is 33.9 Å². The van der Waals surface area contributed by atoms with Crippen molar-refractivity contribution < 1.29 is 21.7 Å². The third-order valence-corrected chi connectivity index (χ3v) is 8.21. The fourth-order valence-corrected chi connectivity index (χ4v) is 5.32. The number of nitrogens with one attached hydrogen (secondary N) is 1. The minimum Gasteiger partial charge on any atom is -0.377 e. The molecule has 1 N–H and O–H groups in total. The summed E-state index contributed by atoms with van der Waals surface area (Å²) in [6, 6.07) is 13.3. The Bertz CT molecular complexity index is 769. The Morgan fingerprint density at radius 2 is 1.58 bits per heavy atom. The van der Waals surface area contributed by atoms with E-state index in [-0.39, 0.29) is 4.90 Å². The Balaban J connectivity index is 2.00. The van der Waals surface area contributed by atoms with Crippen LogP contribution >= 0.6 is 0 Å². The summed E-state index contributed by atoms with van der Waals surface area (Å²) in [6.45, 7) is 0.292. The molecule has 0 radical (unpaired) electrons. The SMILES string of the molecule is CO[Si](CCCNS(=O)(=O)c1ccc2ccccc2c1)(OC)OC. The fourth-order valence-electron chi connectivity index (χ4n) is 2.49.